The van der Waals surface area contributed by atoms with E-state index in [2.05, 4.69) is 9.80 Å². The summed E-state index contributed by atoms with van der Waals surface area (Å²) in [7, 11) is 0. The fourth-order valence-electron chi connectivity index (χ4n) is 4.14. The fraction of sp³-hybridized carbons (Fsp3) is 0.391. The quantitative estimate of drug-likeness (QED) is 0.620. The van der Waals surface area contributed by atoms with Gasteiger partial charge in [0.05, 0.1) is 12.1 Å². The predicted octanol–water partition coefficient (Wildman–Crippen LogP) is 4.37. The van der Waals surface area contributed by atoms with E-state index in [4.69, 9.17) is 14.7 Å². The maximum Gasteiger partial charge on any atom is 0.228 e. The van der Waals surface area contributed by atoms with Crippen molar-refractivity contribution in [1.29, 1.82) is 0 Å². The lowest BCUT2D eigenvalue weighted by Gasteiger charge is -2.34. The lowest BCUT2D eigenvalue weighted by Crippen LogP contribution is -2.42. The van der Waals surface area contributed by atoms with Gasteiger partial charge >= 0.3 is 0 Å². The Morgan fingerprint density at radius 2 is 1.80 bits per heavy atom. The molecule has 1 aromatic heterocycles. The van der Waals surface area contributed by atoms with Crippen LogP contribution in [0.15, 0.2) is 48.5 Å². The second-order valence-electron chi connectivity index (χ2n) is 7.75. The fourth-order valence-corrected chi connectivity index (χ4v) is 5.04. The first-order chi connectivity index (χ1) is 14.8. The minimum Gasteiger partial charge on any atom is -0.489 e. The van der Waals surface area contributed by atoms with E-state index >= 15 is 0 Å². The van der Waals surface area contributed by atoms with Crippen LogP contribution >= 0.6 is 11.8 Å². The largest absolute Gasteiger partial charge is 0.489 e. The molecule has 2 fully saturated rings. The van der Waals surface area contributed by atoms with E-state index in [9.17, 15) is 4.39 Å². The van der Waals surface area contributed by atoms with Crippen LogP contribution in [0.25, 0.3) is 10.9 Å². The number of benzene rings is 2. The number of rotatable bonds is 4. The monoisotopic (exact) mass is 424 g/mol. The van der Waals surface area contributed by atoms with E-state index in [1.807, 2.05) is 48.2 Å². The Labute approximate surface area is 180 Å². The molecule has 3 aromatic rings. The Kier molecular flexibility index (Phi) is 5.62. The normalized spacial score (nSPS) is 19.8. The molecule has 0 amide bonds. The van der Waals surface area contributed by atoms with Gasteiger partial charge in [-0.3, -0.25) is 0 Å². The second-order valence-corrected chi connectivity index (χ2v) is 8.97. The first kappa shape index (κ1) is 19.4. The maximum absolute atomic E-state index is 14.0. The van der Waals surface area contributed by atoms with Crippen LogP contribution in [0.3, 0.4) is 0 Å². The van der Waals surface area contributed by atoms with Gasteiger partial charge in [0, 0.05) is 42.6 Å². The van der Waals surface area contributed by atoms with Gasteiger partial charge in [-0.25, -0.2) is 9.37 Å². The van der Waals surface area contributed by atoms with E-state index in [0.717, 1.165) is 67.5 Å². The highest BCUT2D eigenvalue weighted by Gasteiger charge is 2.25. The van der Waals surface area contributed by atoms with Crippen molar-refractivity contribution in [3.8, 4) is 5.75 Å². The summed E-state index contributed by atoms with van der Waals surface area (Å²) in [4.78, 5) is 14.2. The molecule has 0 spiro atoms. The third kappa shape index (κ3) is 4.17. The number of fused-ring (bicyclic) bond motifs is 1. The Morgan fingerprint density at radius 3 is 2.63 bits per heavy atom. The molecule has 0 aliphatic carbocycles. The third-order valence-corrected chi connectivity index (χ3v) is 6.59. The van der Waals surface area contributed by atoms with Crippen LogP contribution in [-0.2, 0) is 0 Å². The van der Waals surface area contributed by atoms with E-state index in [0.29, 0.717) is 11.5 Å². The van der Waals surface area contributed by atoms with Gasteiger partial charge in [-0.1, -0.05) is 18.2 Å². The maximum atomic E-state index is 14.0. The van der Waals surface area contributed by atoms with E-state index < -0.39 is 0 Å². The van der Waals surface area contributed by atoms with Crippen molar-refractivity contribution in [3.05, 3.63) is 54.3 Å². The van der Waals surface area contributed by atoms with Crippen LogP contribution in [0, 0.1) is 5.82 Å². The van der Waals surface area contributed by atoms with Gasteiger partial charge in [0.1, 0.15) is 23.5 Å². The van der Waals surface area contributed by atoms with Crippen molar-refractivity contribution in [3.63, 3.8) is 0 Å². The van der Waals surface area contributed by atoms with Gasteiger partial charge in [0.25, 0.3) is 0 Å². The first-order valence-electron chi connectivity index (χ1n) is 10.5. The van der Waals surface area contributed by atoms with Crippen molar-refractivity contribution >= 4 is 34.4 Å². The Hall–Kier alpha value is -2.54. The first-order valence-corrected chi connectivity index (χ1v) is 11.7. The van der Waals surface area contributed by atoms with Crippen molar-refractivity contribution in [2.45, 2.75) is 18.9 Å². The molecule has 2 saturated heterocycles. The van der Waals surface area contributed by atoms with Crippen LogP contribution in [0.1, 0.15) is 12.8 Å². The number of thioether (sulfide) groups is 1. The minimum absolute atomic E-state index is 0.0859. The van der Waals surface area contributed by atoms with E-state index in [1.165, 1.54) is 12.1 Å². The average Bonchev–Trinajstić information content (AvgIpc) is 2.79. The molecule has 5 nitrogen and oxygen atoms in total. The predicted molar refractivity (Wildman–Crippen MR) is 121 cm³/mol. The highest BCUT2D eigenvalue weighted by molar-refractivity contribution is 7.99. The van der Waals surface area contributed by atoms with Crippen molar-refractivity contribution in [1.82, 2.24) is 9.97 Å². The summed E-state index contributed by atoms with van der Waals surface area (Å²) in [5, 5.41) is 0.918. The SMILES string of the molecule is Fc1ccc2c(N3CCSCC3)nc(N3CCCC(Oc4ccccc4)C3)nc2c1. The standard InChI is InChI=1S/C23H25FN4OS/c24-17-8-9-20-21(15-17)25-23(26-22(20)27-11-13-30-14-12-27)28-10-4-7-19(16-28)29-18-5-2-1-3-6-18/h1-3,5-6,8-9,15,19H,4,7,10-14,16H2. The molecule has 0 bridgehead atoms. The summed E-state index contributed by atoms with van der Waals surface area (Å²) in [5.74, 6) is 4.37. The summed E-state index contributed by atoms with van der Waals surface area (Å²) in [6.45, 7) is 3.51. The molecule has 0 saturated carbocycles. The van der Waals surface area contributed by atoms with Crippen LogP contribution in [0.5, 0.6) is 5.75 Å². The Bertz CT molecular complexity index is 1010. The molecule has 0 N–H and O–H groups in total. The Balaban J connectivity index is 1.45. The number of para-hydroxylation sites is 1. The van der Waals surface area contributed by atoms with E-state index in [1.54, 1.807) is 0 Å². The molecule has 2 aromatic carbocycles. The smallest absolute Gasteiger partial charge is 0.228 e. The molecule has 30 heavy (non-hydrogen) atoms. The van der Waals surface area contributed by atoms with E-state index in [-0.39, 0.29) is 11.9 Å². The zero-order valence-electron chi connectivity index (χ0n) is 16.8. The lowest BCUT2D eigenvalue weighted by molar-refractivity contribution is 0.178. The number of piperidine rings is 1. The number of nitrogens with zero attached hydrogens (tertiary/aromatic N) is 4. The molecule has 3 heterocycles. The van der Waals surface area contributed by atoms with Crippen molar-refractivity contribution in [2.75, 3.05) is 47.5 Å². The molecular weight excluding hydrogens is 399 g/mol. The zero-order valence-corrected chi connectivity index (χ0v) is 17.7. The molecule has 1 atom stereocenters. The van der Waals surface area contributed by atoms with Gasteiger partial charge in [0.2, 0.25) is 5.95 Å². The van der Waals surface area contributed by atoms with Crippen LogP contribution in [0.4, 0.5) is 16.2 Å². The van der Waals surface area contributed by atoms with Crippen molar-refractivity contribution < 1.29 is 9.13 Å². The number of anilines is 2. The molecule has 7 heteroatoms. The lowest BCUT2D eigenvalue weighted by atomic mass is 10.1. The van der Waals surface area contributed by atoms with Gasteiger partial charge in [-0.15, -0.1) is 0 Å². The van der Waals surface area contributed by atoms with Crippen LogP contribution < -0.4 is 14.5 Å². The third-order valence-electron chi connectivity index (χ3n) is 5.64. The molecular formula is C23H25FN4OS. The summed E-state index contributed by atoms with van der Waals surface area (Å²) in [6.07, 6.45) is 2.10. The molecule has 5 rings (SSSR count). The van der Waals surface area contributed by atoms with Gasteiger partial charge in [0.15, 0.2) is 0 Å². The topological polar surface area (TPSA) is 41.5 Å². The average molecular weight is 425 g/mol. The number of ether oxygens (including phenoxy) is 1. The number of hydrogen-bond donors (Lipinski definition) is 0. The molecule has 156 valence electrons. The van der Waals surface area contributed by atoms with Gasteiger partial charge in [-0.2, -0.15) is 16.7 Å². The van der Waals surface area contributed by atoms with Crippen LogP contribution in [0.2, 0.25) is 0 Å². The summed E-state index contributed by atoms with van der Waals surface area (Å²) >= 11 is 1.96. The Morgan fingerprint density at radius 1 is 0.967 bits per heavy atom. The van der Waals surface area contributed by atoms with Gasteiger partial charge in [-0.05, 0) is 37.1 Å². The highest BCUT2D eigenvalue weighted by atomic mass is 32.2. The zero-order chi connectivity index (χ0) is 20.3. The minimum atomic E-state index is -0.267. The molecule has 0 radical (unpaired) electrons. The number of halogens is 1. The number of aromatic nitrogens is 2. The van der Waals surface area contributed by atoms with Crippen LogP contribution in [-0.4, -0.2) is 53.8 Å². The second kappa shape index (κ2) is 8.68. The molecule has 2 aliphatic rings. The molecule has 1 unspecified atom stereocenters. The molecule has 2 aliphatic heterocycles. The highest BCUT2D eigenvalue weighted by Crippen LogP contribution is 2.30. The van der Waals surface area contributed by atoms with Gasteiger partial charge < -0.3 is 14.5 Å². The summed E-state index contributed by atoms with van der Waals surface area (Å²) in [5.41, 5.74) is 0.666. The van der Waals surface area contributed by atoms with Crippen molar-refractivity contribution in [2.24, 2.45) is 0 Å². The number of hydrogen-bond acceptors (Lipinski definition) is 6. The summed E-state index contributed by atoms with van der Waals surface area (Å²) < 4.78 is 20.2. The summed E-state index contributed by atoms with van der Waals surface area (Å²) in [6, 6.07) is 14.8.